The second kappa shape index (κ2) is 4.65. The van der Waals surface area contributed by atoms with Gasteiger partial charge in [0.1, 0.15) is 0 Å². The zero-order valence-electron chi connectivity index (χ0n) is 6.84. The molecule has 1 atom stereocenters. The highest BCUT2D eigenvalue weighted by Gasteiger charge is 2.17. The standard InChI is InChI=1S/C8H14O2S/c1-10-8(9)5-7-3-2-4-11-6-7/h7H,2-6H2,1H3. The Hall–Kier alpha value is -0.180. The van der Waals surface area contributed by atoms with Crippen molar-refractivity contribution >= 4 is 17.7 Å². The van der Waals surface area contributed by atoms with Gasteiger partial charge in [0.05, 0.1) is 7.11 Å². The molecule has 1 fully saturated rings. The van der Waals surface area contributed by atoms with Crippen LogP contribution in [0, 0.1) is 5.92 Å². The van der Waals surface area contributed by atoms with E-state index in [0.29, 0.717) is 12.3 Å². The summed E-state index contributed by atoms with van der Waals surface area (Å²) in [5.41, 5.74) is 0. The molecule has 1 aliphatic rings. The van der Waals surface area contributed by atoms with Gasteiger partial charge in [-0.15, -0.1) is 0 Å². The number of esters is 1. The van der Waals surface area contributed by atoms with Crippen molar-refractivity contribution in [1.82, 2.24) is 0 Å². The highest BCUT2D eigenvalue weighted by molar-refractivity contribution is 7.99. The predicted octanol–water partition coefficient (Wildman–Crippen LogP) is 1.69. The zero-order chi connectivity index (χ0) is 8.10. The second-order valence-corrected chi connectivity index (χ2v) is 4.01. The molecule has 3 heteroatoms. The van der Waals surface area contributed by atoms with Crippen molar-refractivity contribution < 1.29 is 9.53 Å². The van der Waals surface area contributed by atoms with Crippen LogP contribution in [0.15, 0.2) is 0 Å². The van der Waals surface area contributed by atoms with Gasteiger partial charge in [-0.05, 0) is 30.3 Å². The molecule has 0 aromatic carbocycles. The van der Waals surface area contributed by atoms with Crippen LogP contribution >= 0.6 is 11.8 Å². The van der Waals surface area contributed by atoms with Crippen molar-refractivity contribution in [2.75, 3.05) is 18.6 Å². The van der Waals surface area contributed by atoms with Gasteiger partial charge in [-0.1, -0.05) is 0 Å². The van der Waals surface area contributed by atoms with Gasteiger partial charge in [0.15, 0.2) is 0 Å². The highest BCUT2D eigenvalue weighted by Crippen LogP contribution is 2.25. The summed E-state index contributed by atoms with van der Waals surface area (Å²) < 4.78 is 4.60. The summed E-state index contributed by atoms with van der Waals surface area (Å²) in [6.45, 7) is 0. The molecule has 1 unspecified atom stereocenters. The van der Waals surface area contributed by atoms with Crippen LogP contribution in [0.1, 0.15) is 19.3 Å². The molecule has 1 saturated heterocycles. The van der Waals surface area contributed by atoms with E-state index in [9.17, 15) is 4.79 Å². The molecule has 0 amide bonds. The van der Waals surface area contributed by atoms with E-state index in [1.54, 1.807) is 0 Å². The number of rotatable bonds is 2. The number of methoxy groups -OCH3 is 1. The van der Waals surface area contributed by atoms with Crippen LogP contribution in [0.4, 0.5) is 0 Å². The van der Waals surface area contributed by atoms with E-state index in [4.69, 9.17) is 0 Å². The van der Waals surface area contributed by atoms with Crippen LogP contribution in [-0.2, 0) is 9.53 Å². The van der Waals surface area contributed by atoms with Gasteiger partial charge in [0.25, 0.3) is 0 Å². The van der Waals surface area contributed by atoms with Crippen molar-refractivity contribution in [3.05, 3.63) is 0 Å². The molecule has 0 bridgehead atoms. The van der Waals surface area contributed by atoms with Gasteiger partial charge < -0.3 is 4.74 Å². The maximum absolute atomic E-state index is 10.8. The van der Waals surface area contributed by atoms with Crippen LogP contribution in [0.5, 0.6) is 0 Å². The summed E-state index contributed by atoms with van der Waals surface area (Å²) in [4.78, 5) is 10.8. The van der Waals surface area contributed by atoms with Gasteiger partial charge in [0, 0.05) is 6.42 Å². The van der Waals surface area contributed by atoms with E-state index >= 15 is 0 Å². The van der Waals surface area contributed by atoms with Crippen LogP contribution in [0.3, 0.4) is 0 Å². The number of hydrogen-bond donors (Lipinski definition) is 0. The molecule has 1 rings (SSSR count). The first kappa shape index (κ1) is 8.91. The third-order valence-electron chi connectivity index (χ3n) is 1.94. The minimum atomic E-state index is -0.0579. The summed E-state index contributed by atoms with van der Waals surface area (Å²) in [7, 11) is 1.46. The molecule has 0 aliphatic carbocycles. The van der Waals surface area contributed by atoms with Gasteiger partial charge in [0.2, 0.25) is 0 Å². The Morgan fingerprint density at radius 3 is 3.09 bits per heavy atom. The van der Waals surface area contributed by atoms with Gasteiger partial charge in [-0.25, -0.2) is 0 Å². The molecule has 0 aromatic rings. The molecule has 0 saturated carbocycles. The van der Waals surface area contributed by atoms with E-state index in [1.807, 2.05) is 11.8 Å². The topological polar surface area (TPSA) is 26.3 Å². The maximum atomic E-state index is 10.8. The molecular formula is C8H14O2S. The maximum Gasteiger partial charge on any atom is 0.305 e. The van der Waals surface area contributed by atoms with Crippen molar-refractivity contribution in [2.24, 2.45) is 5.92 Å². The summed E-state index contributed by atoms with van der Waals surface area (Å²) >= 11 is 1.95. The lowest BCUT2D eigenvalue weighted by Gasteiger charge is -2.19. The Labute approximate surface area is 71.7 Å². The SMILES string of the molecule is COC(=O)CC1CCCSC1. The fourth-order valence-corrected chi connectivity index (χ4v) is 2.44. The Morgan fingerprint density at radius 2 is 2.55 bits per heavy atom. The molecule has 1 heterocycles. The van der Waals surface area contributed by atoms with Crippen molar-refractivity contribution in [2.45, 2.75) is 19.3 Å². The average Bonchev–Trinajstić information content (AvgIpc) is 2.06. The van der Waals surface area contributed by atoms with E-state index in [-0.39, 0.29) is 5.97 Å². The summed E-state index contributed by atoms with van der Waals surface area (Å²) in [5, 5.41) is 0. The minimum Gasteiger partial charge on any atom is -0.469 e. The molecule has 0 aromatic heterocycles. The number of thioether (sulfide) groups is 1. The molecule has 0 spiro atoms. The minimum absolute atomic E-state index is 0.0579. The predicted molar refractivity (Wildman–Crippen MR) is 46.7 cm³/mol. The fourth-order valence-electron chi connectivity index (χ4n) is 1.29. The monoisotopic (exact) mass is 174 g/mol. The smallest absolute Gasteiger partial charge is 0.305 e. The quantitative estimate of drug-likeness (QED) is 0.596. The lowest BCUT2D eigenvalue weighted by Crippen LogP contribution is -2.15. The molecule has 2 nitrogen and oxygen atoms in total. The first-order valence-electron chi connectivity index (χ1n) is 3.97. The van der Waals surface area contributed by atoms with E-state index in [2.05, 4.69) is 4.74 Å². The van der Waals surface area contributed by atoms with E-state index in [1.165, 1.54) is 25.7 Å². The first-order valence-corrected chi connectivity index (χ1v) is 5.13. The molecule has 0 radical (unpaired) electrons. The Bertz CT molecular complexity index is 130. The zero-order valence-corrected chi connectivity index (χ0v) is 7.65. The lowest BCUT2D eigenvalue weighted by molar-refractivity contribution is -0.141. The summed E-state index contributed by atoms with van der Waals surface area (Å²) in [5.74, 6) is 2.91. The third-order valence-corrected chi connectivity index (χ3v) is 3.22. The first-order chi connectivity index (χ1) is 5.33. The third kappa shape index (κ3) is 3.14. The number of carbonyl (C=O) groups excluding carboxylic acids is 1. The highest BCUT2D eigenvalue weighted by atomic mass is 32.2. The number of carbonyl (C=O) groups is 1. The number of ether oxygens (including phenoxy) is 1. The molecule has 1 aliphatic heterocycles. The van der Waals surface area contributed by atoms with Crippen LogP contribution in [-0.4, -0.2) is 24.6 Å². The van der Waals surface area contributed by atoms with E-state index in [0.717, 1.165) is 5.75 Å². The van der Waals surface area contributed by atoms with Gasteiger partial charge in [-0.2, -0.15) is 11.8 Å². The largest absolute Gasteiger partial charge is 0.469 e. The Morgan fingerprint density at radius 1 is 1.73 bits per heavy atom. The summed E-state index contributed by atoms with van der Waals surface area (Å²) in [6.07, 6.45) is 3.07. The van der Waals surface area contributed by atoms with Crippen molar-refractivity contribution in [1.29, 1.82) is 0 Å². The lowest BCUT2D eigenvalue weighted by atomic mass is 10.0. The number of hydrogen-bond acceptors (Lipinski definition) is 3. The fraction of sp³-hybridized carbons (Fsp3) is 0.875. The van der Waals surface area contributed by atoms with Crippen molar-refractivity contribution in [3.8, 4) is 0 Å². The van der Waals surface area contributed by atoms with Crippen LogP contribution in [0.25, 0.3) is 0 Å². The molecule has 64 valence electrons. The van der Waals surface area contributed by atoms with Crippen LogP contribution < -0.4 is 0 Å². The Balaban J connectivity index is 2.19. The molecule has 11 heavy (non-hydrogen) atoms. The Kier molecular flexibility index (Phi) is 3.77. The van der Waals surface area contributed by atoms with Gasteiger partial charge >= 0.3 is 5.97 Å². The van der Waals surface area contributed by atoms with E-state index < -0.39 is 0 Å². The molecular weight excluding hydrogens is 160 g/mol. The second-order valence-electron chi connectivity index (χ2n) is 2.86. The van der Waals surface area contributed by atoms with Crippen LogP contribution in [0.2, 0.25) is 0 Å². The molecule has 0 N–H and O–H groups in total. The average molecular weight is 174 g/mol. The van der Waals surface area contributed by atoms with Gasteiger partial charge in [-0.3, -0.25) is 4.79 Å². The summed E-state index contributed by atoms with van der Waals surface area (Å²) in [6, 6.07) is 0. The van der Waals surface area contributed by atoms with Crippen molar-refractivity contribution in [3.63, 3.8) is 0 Å². The normalized spacial score (nSPS) is 24.6.